The fourth-order valence-electron chi connectivity index (χ4n) is 3.82. The van der Waals surface area contributed by atoms with Crippen LogP contribution in [0.3, 0.4) is 0 Å². The molecule has 1 saturated heterocycles. The molecule has 0 spiro atoms. The largest absolute Gasteiger partial charge is 0.328 e. The minimum Gasteiger partial charge on any atom is -0.328 e. The summed E-state index contributed by atoms with van der Waals surface area (Å²) >= 11 is 6.31. The van der Waals surface area contributed by atoms with E-state index in [-0.39, 0.29) is 0 Å². The van der Waals surface area contributed by atoms with Crippen LogP contribution < -0.4 is 4.90 Å². The summed E-state index contributed by atoms with van der Waals surface area (Å²) in [5, 5.41) is 12.5. The van der Waals surface area contributed by atoms with E-state index in [1.165, 1.54) is 5.56 Å². The van der Waals surface area contributed by atoms with E-state index < -0.39 is 0 Å². The van der Waals surface area contributed by atoms with Crippen LogP contribution in [0.2, 0.25) is 5.02 Å². The number of para-hydroxylation sites is 1. The Morgan fingerprint density at radius 2 is 1.72 bits per heavy atom. The predicted molar refractivity (Wildman–Crippen MR) is 118 cm³/mol. The van der Waals surface area contributed by atoms with Crippen molar-refractivity contribution in [1.29, 1.82) is 0 Å². The lowest BCUT2D eigenvalue weighted by molar-refractivity contribution is -0.918. The molecule has 0 unspecified atom stereocenters. The summed E-state index contributed by atoms with van der Waals surface area (Å²) in [6, 6.07) is 18.4. The average molecular weight is 409 g/mol. The maximum Gasteiger partial charge on any atom is 0.104 e. The van der Waals surface area contributed by atoms with Gasteiger partial charge < -0.3 is 4.90 Å². The second kappa shape index (κ2) is 8.80. The fraction of sp³-hybridized carbons (Fsp3) is 0.304. The van der Waals surface area contributed by atoms with Crippen LogP contribution in [0.15, 0.2) is 59.7 Å². The monoisotopic (exact) mass is 408 g/mol. The van der Waals surface area contributed by atoms with Crippen molar-refractivity contribution in [2.75, 3.05) is 26.2 Å². The molecular weight excluding hydrogens is 382 g/mol. The number of benzene rings is 2. The Labute approximate surface area is 177 Å². The molecule has 1 fully saturated rings. The van der Waals surface area contributed by atoms with Crippen molar-refractivity contribution in [2.45, 2.75) is 20.4 Å². The third kappa shape index (κ3) is 4.52. The molecule has 0 bridgehead atoms. The number of nitrogens with zero attached hydrogens (tertiary/aromatic N) is 4. The first kappa shape index (κ1) is 19.7. The first-order valence-electron chi connectivity index (χ1n) is 10.1. The van der Waals surface area contributed by atoms with E-state index in [4.69, 9.17) is 21.8 Å². The highest BCUT2D eigenvalue weighted by molar-refractivity contribution is 6.31. The maximum absolute atomic E-state index is 6.31. The number of aromatic nitrogens is 2. The Hall–Kier alpha value is -2.63. The van der Waals surface area contributed by atoms with Crippen molar-refractivity contribution >= 4 is 17.8 Å². The third-order valence-corrected chi connectivity index (χ3v) is 5.91. The van der Waals surface area contributed by atoms with Crippen LogP contribution in [-0.2, 0) is 6.54 Å². The standard InChI is InChI=1S/C23H26ClN5/c1-18-22(19(2)29(26-18)21-9-4-3-5-10-21)16-25-28-14-12-27(13-15-28)17-20-8-6-7-11-23(20)24/h3-11,16H,12-15,17H2,1-2H3/p+1/b25-16+. The third-order valence-electron chi connectivity index (χ3n) is 5.54. The second-order valence-electron chi connectivity index (χ2n) is 7.55. The van der Waals surface area contributed by atoms with Crippen LogP contribution in [0.25, 0.3) is 5.69 Å². The summed E-state index contributed by atoms with van der Waals surface area (Å²) in [6.07, 6.45) is 1.97. The topological polar surface area (TPSA) is 37.9 Å². The van der Waals surface area contributed by atoms with Gasteiger partial charge in [0, 0.05) is 16.1 Å². The van der Waals surface area contributed by atoms with Crippen LogP contribution in [-0.4, -0.2) is 47.2 Å². The molecule has 0 amide bonds. The minimum atomic E-state index is 0.863. The number of rotatable bonds is 5. The van der Waals surface area contributed by atoms with Gasteiger partial charge in [-0.15, -0.1) is 0 Å². The van der Waals surface area contributed by atoms with Gasteiger partial charge in [0.1, 0.15) is 6.54 Å². The summed E-state index contributed by atoms with van der Waals surface area (Å²) < 4.78 is 1.99. The Morgan fingerprint density at radius 1 is 1.03 bits per heavy atom. The lowest BCUT2D eigenvalue weighted by Crippen LogP contribution is -3.13. The first-order chi connectivity index (χ1) is 14.1. The normalized spacial score (nSPS) is 15.3. The van der Waals surface area contributed by atoms with E-state index in [2.05, 4.69) is 36.2 Å². The Kier molecular flexibility index (Phi) is 5.97. The molecule has 3 aromatic rings. The zero-order valence-electron chi connectivity index (χ0n) is 17.0. The molecule has 0 radical (unpaired) electrons. The molecular formula is C23H27ClN5+. The van der Waals surface area contributed by atoms with E-state index in [1.54, 1.807) is 4.90 Å². The summed E-state index contributed by atoms with van der Waals surface area (Å²) in [4.78, 5) is 1.55. The molecule has 5 nitrogen and oxygen atoms in total. The molecule has 1 aliphatic heterocycles. The number of nitrogens with one attached hydrogen (secondary N) is 1. The summed E-state index contributed by atoms with van der Waals surface area (Å²) in [7, 11) is 0. The number of quaternary nitrogens is 1. The van der Waals surface area contributed by atoms with Gasteiger partial charge in [-0.05, 0) is 32.0 Å². The number of halogens is 1. The number of hydrogen-bond acceptors (Lipinski definition) is 3. The van der Waals surface area contributed by atoms with Crippen molar-refractivity contribution in [2.24, 2.45) is 5.10 Å². The molecule has 0 saturated carbocycles. The van der Waals surface area contributed by atoms with E-state index in [0.717, 1.165) is 60.4 Å². The van der Waals surface area contributed by atoms with Crippen LogP contribution in [0, 0.1) is 13.8 Å². The smallest absolute Gasteiger partial charge is 0.104 e. The Morgan fingerprint density at radius 3 is 2.45 bits per heavy atom. The van der Waals surface area contributed by atoms with Gasteiger partial charge in [-0.1, -0.05) is 48.0 Å². The molecule has 2 heterocycles. The molecule has 0 aliphatic carbocycles. The highest BCUT2D eigenvalue weighted by atomic mass is 35.5. The maximum atomic E-state index is 6.31. The van der Waals surface area contributed by atoms with E-state index in [9.17, 15) is 0 Å². The highest BCUT2D eigenvalue weighted by Gasteiger charge is 2.20. The highest BCUT2D eigenvalue weighted by Crippen LogP contribution is 2.16. The van der Waals surface area contributed by atoms with Crippen molar-refractivity contribution in [3.05, 3.63) is 82.1 Å². The molecule has 1 N–H and O–H groups in total. The summed E-state index contributed by atoms with van der Waals surface area (Å²) in [6.45, 7) is 9.12. The van der Waals surface area contributed by atoms with Crippen LogP contribution in [0.1, 0.15) is 22.5 Å². The van der Waals surface area contributed by atoms with Gasteiger partial charge in [-0.3, -0.25) is 5.01 Å². The zero-order chi connectivity index (χ0) is 20.2. The van der Waals surface area contributed by atoms with Gasteiger partial charge in [0.15, 0.2) is 0 Å². The summed E-state index contributed by atoms with van der Waals surface area (Å²) in [5.41, 5.74) is 5.50. The predicted octanol–water partition coefficient (Wildman–Crippen LogP) is 2.88. The number of hydrogen-bond donors (Lipinski definition) is 1. The molecule has 6 heteroatoms. The minimum absolute atomic E-state index is 0.863. The van der Waals surface area contributed by atoms with Gasteiger partial charge in [-0.2, -0.15) is 10.2 Å². The van der Waals surface area contributed by atoms with Crippen LogP contribution in [0.4, 0.5) is 0 Å². The quantitative estimate of drug-likeness (QED) is 0.659. The van der Waals surface area contributed by atoms with E-state index in [0.29, 0.717) is 0 Å². The van der Waals surface area contributed by atoms with Crippen LogP contribution >= 0.6 is 11.6 Å². The van der Waals surface area contributed by atoms with Crippen molar-refractivity contribution < 1.29 is 4.90 Å². The molecule has 29 heavy (non-hydrogen) atoms. The zero-order valence-corrected chi connectivity index (χ0v) is 17.7. The lowest BCUT2D eigenvalue weighted by atomic mass is 10.2. The molecule has 150 valence electrons. The molecule has 0 atom stereocenters. The van der Waals surface area contributed by atoms with Gasteiger partial charge in [0.2, 0.25) is 0 Å². The lowest BCUT2D eigenvalue weighted by Gasteiger charge is -2.30. The van der Waals surface area contributed by atoms with Crippen molar-refractivity contribution in [1.82, 2.24) is 14.8 Å². The van der Waals surface area contributed by atoms with Crippen LogP contribution in [0.5, 0.6) is 0 Å². The van der Waals surface area contributed by atoms with E-state index >= 15 is 0 Å². The van der Waals surface area contributed by atoms with Gasteiger partial charge in [0.05, 0.1) is 49.5 Å². The Balaban J connectivity index is 1.39. The summed E-state index contributed by atoms with van der Waals surface area (Å²) in [5.74, 6) is 0. The average Bonchev–Trinajstić information content (AvgIpc) is 3.03. The molecule has 4 rings (SSSR count). The number of aryl methyl sites for hydroxylation is 1. The van der Waals surface area contributed by atoms with Gasteiger partial charge in [-0.25, -0.2) is 4.68 Å². The molecule has 2 aromatic carbocycles. The first-order valence-corrected chi connectivity index (χ1v) is 10.5. The molecule has 1 aliphatic rings. The van der Waals surface area contributed by atoms with Gasteiger partial charge >= 0.3 is 0 Å². The van der Waals surface area contributed by atoms with Crippen molar-refractivity contribution in [3.8, 4) is 5.69 Å². The number of piperazine rings is 1. The van der Waals surface area contributed by atoms with Gasteiger partial charge in [0.25, 0.3) is 0 Å². The SMILES string of the molecule is Cc1nn(-c2ccccc2)c(C)c1/C=N/N1CC[NH+](Cc2ccccc2Cl)CC1. The molecule has 1 aromatic heterocycles. The Bertz CT molecular complexity index is 988. The number of hydrazone groups is 1. The van der Waals surface area contributed by atoms with Crippen molar-refractivity contribution in [3.63, 3.8) is 0 Å². The van der Waals surface area contributed by atoms with E-state index in [1.807, 2.05) is 48.2 Å². The second-order valence-corrected chi connectivity index (χ2v) is 7.96. The fourth-order valence-corrected chi connectivity index (χ4v) is 4.02.